The first-order valence-electron chi connectivity index (χ1n) is 31.9. The smallest absolute Gasteiger partial charge is 0.306 e. The molecule has 1 aromatic rings. The van der Waals surface area contributed by atoms with E-state index in [0.29, 0.717) is 51.7 Å². The molecule has 0 fully saturated rings. The molecule has 0 aliphatic heterocycles. The van der Waals surface area contributed by atoms with E-state index < -0.39 is 36.0 Å². The number of carbonyl (C=O) groups is 10. The van der Waals surface area contributed by atoms with Crippen LogP contribution >= 0.6 is 0 Å². The highest BCUT2D eigenvalue weighted by molar-refractivity contribution is 5.92. The van der Waals surface area contributed by atoms with Crippen LogP contribution in [0.2, 0.25) is 0 Å². The minimum absolute atomic E-state index is 0. The van der Waals surface area contributed by atoms with E-state index in [9.17, 15) is 58.2 Å². The summed E-state index contributed by atoms with van der Waals surface area (Å²) in [7, 11) is 0. The number of hydrogen-bond donors (Lipinski definition) is 8. The van der Waals surface area contributed by atoms with Crippen LogP contribution in [0, 0.1) is 5.92 Å². The fourth-order valence-electron chi connectivity index (χ4n) is 9.51. The predicted octanol–water partition coefficient (Wildman–Crippen LogP) is 7.99. The number of aliphatic carboxylic acids is 2. The number of nitrogens with one attached hydrogen (secondary N) is 5. The molecule has 86 heavy (non-hydrogen) atoms. The number of Topliss-reactive ketones (excluding diaryl/α,β-unsaturated/α-hetero) is 5. The van der Waals surface area contributed by atoms with Crippen LogP contribution in [0.1, 0.15) is 210 Å². The first kappa shape index (κ1) is 78.5. The molecule has 1 aromatic carbocycles. The van der Waals surface area contributed by atoms with E-state index in [4.69, 9.17) is 24.1 Å². The van der Waals surface area contributed by atoms with E-state index in [-0.39, 0.29) is 167 Å². The van der Waals surface area contributed by atoms with Crippen LogP contribution in [0.15, 0.2) is 24.3 Å². The Morgan fingerprint density at radius 3 is 1.57 bits per heavy atom. The number of carboxylic acids is 2. The summed E-state index contributed by atoms with van der Waals surface area (Å²) in [5.41, 5.74) is 0.752. The Morgan fingerprint density at radius 1 is 0.488 bits per heavy atom. The highest BCUT2D eigenvalue weighted by Gasteiger charge is 2.26. The Morgan fingerprint density at radius 2 is 1.00 bits per heavy atom. The van der Waals surface area contributed by atoms with Gasteiger partial charge in [-0.15, -0.1) is 0 Å². The maximum Gasteiger partial charge on any atom is 0.306 e. The van der Waals surface area contributed by atoms with Crippen molar-refractivity contribution in [2.75, 3.05) is 79.0 Å². The summed E-state index contributed by atoms with van der Waals surface area (Å²) >= 11 is 0. The van der Waals surface area contributed by atoms with Gasteiger partial charge in [0.2, 0.25) is 17.7 Å². The highest BCUT2D eigenvalue weighted by Crippen LogP contribution is 2.18. The number of amides is 3. The quantitative estimate of drug-likeness (QED) is 0.0286. The van der Waals surface area contributed by atoms with Crippen molar-refractivity contribution < 1.29 is 86.5 Å². The summed E-state index contributed by atoms with van der Waals surface area (Å²) in [6, 6.07) is 4.35. The van der Waals surface area contributed by atoms with E-state index in [1.165, 1.54) is 64.0 Å². The second kappa shape index (κ2) is 52.6. The molecule has 0 radical (unpaired) electrons. The van der Waals surface area contributed by atoms with Crippen LogP contribution in [-0.2, 0) is 73.3 Å². The lowest BCUT2D eigenvalue weighted by molar-refractivity contribution is -0.144. The van der Waals surface area contributed by atoms with Gasteiger partial charge in [0.25, 0.3) is 0 Å². The maximum absolute atomic E-state index is 13.4. The second-order valence-electron chi connectivity index (χ2n) is 22.2. The molecule has 0 heterocycles. The lowest BCUT2D eigenvalue weighted by atomic mass is 9.94. The number of unbranched alkanes of at least 4 members (excludes halogenated alkanes) is 15. The molecule has 22 heteroatoms. The SMILES string of the molecule is CCCC[C@H](NCC(=O)[C@@H](Cc1ccc(O)cc1)NC(C)=O)C(=O)CN[C@@H](CCCCNC(=O)COCCOCCCC(=O)COCCOCCNC(=O)CC[C@H](CC(=O)CCCCCCCCCCCCCCCCC(=O)O)C(=O)O)C(=O)CC.[HH].[HH].[HH]. The Balaban J connectivity index is -0.0000247. The van der Waals surface area contributed by atoms with Crippen molar-refractivity contribution in [3.05, 3.63) is 29.8 Å². The van der Waals surface area contributed by atoms with Crippen molar-refractivity contribution in [2.45, 2.75) is 225 Å². The number of benzene rings is 1. The van der Waals surface area contributed by atoms with E-state index in [1.54, 1.807) is 19.1 Å². The van der Waals surface area contributed by atoms with Crippen LogP contribution in [0.25, 0.3) is 0 Å². The zero-order chi connectivity index (χ0) is 63.4. The average Bonchev–Trinajstić information content (AvgIpc) is 3.51. The minimum Gasteiger partial charge on any atom is -0.508 e. The van der Waals surface area contributed by atoms with Gasteiger partial charge in [0, 0.05) is 69.4 Å². The standard InChI is InChI=1S/C64H107N5O17.3H2/c1-4-6-26-56(68-46-60(76)57(69-49(3)70)43-50-29-32-52(71)33-30-50)59(75)45-67-55(58(74)5-2)27-21-22-35-65-62(78)48-86-42-39-83-37-23-25-54(73)47-85-41-40-84-38-36-66-61(77)34-31-51(64(81)82)44-53(72)24-19-17-15-13-11-9-7-8-10-12-14-16-18-20-28-63(79)80;;;/h29-30,32-33,51,55-57,67-68,71H,4-28,31,34-48H2,1-3H3,(H,65,78)(H,66,77)(H,69,70)(H,79,80)(H,81,82);3*1H/t51-,55+,56+,57-;;;/m1.../s1. The number of carboxylic acid groups (broad SMARTS) is 2. The zero-order valence-electron chi connectivity index (χ0n) is 52.2. The van der Waals surface area contributed by atoms with Crippen LogP contribution in [-0.4, -0.2) is 171 Å². The zero-order valence-corrected chi connectivity index (χ0v) is 52.2. The monoisotopic (exact) mass is 1220 g/mol. The van der Waals surface area contributed by atoms with Crippen LogP contribution in [0.3, 0.4) is 0 Å². The van der Waals surface area contributed by atoms with Crippen LogP contribution in [0.5, 0.6) is 5.75 Å². The van der Waals surface area contributed by atoms with Gasteiger partial charge in [0.05, 0.1) is 70.2 Å². The molecule has 496 valence electrons. The Hall–Kier alpha value is -5.52. The van der Waals surface area contributed by atoms with Crippen LogP contribution < -0.4 is 26.6 Å². The first-order valence-corrected chi connectivity index (χ1v) is 31.9. The number of phenolic OH excluding ortho intramolecular Hbond substituents is 1. The molecular weight excluding hydrogens is 1110 g/mol. The third kappa shape index (κ3) is 44.9. The van der Waals surface area contributed by atoms with Crippen molar-refractivity contribution in [2.24, 2.45) is 5.92 Å². The van der Waals surface area contributed by atoms with E-state index in [2.05, 4.69) is 26.6 Å². The Bertz CT molecular complexity index is 2090. The summed E-state index contributed by atoms with van der Waals surface area (Å²) in [5.74, 6) is -4.30. The van der Waals surface area contributed by atoms with Crippen molar-refractivity contribution in [1.82, 2.24) is 26.6 Å². The number of phenols is 1. The van der Waals surface area contributed by atoms with Gasteiger partial charge in [-0.3, -0.25) is 47.9 Å². The van der Waals surface area contributed by atoms with Gasteiger partial charge in [-0.25, -0.2) is 0 Å². The van der Waals surface area contributed by atoms with Gasteiger partial charge in [-0.2, -0.15) is 0 Å². The molecule has 0 aliphatic rings. The molecule has 1 rings (SSSR count). The van der Waals surface area contributed by atoms with Gasteiger partial charge < -0.3 is 60.9 Å². The largest absolute Gasteiger partial charge is 0.508 e. The highest BCUT2D eigenvalue weighted by atomic mass is 16.5. The topological polar surface area (TPSA) is 328 Å². The lowest BCUT2D eigenvalue weighted by Gasteiger charge is -2.22. The molecule has 4 atom stereocenters. The molecule has 0 saturated carbocycles. The maximum atomic E-state index is 13.4. The summed E-state index contributed by atoms with van der Waals surface area (Å²) in [6.07, 6.45) is 20.7. The molecule has 22 nitrogen and oxygen atoms in total. The van der Waals surface area contributed by atoms with Gasteiger partial charge in [-0.05, 0) is 75.5 Å². The van der Waals surface area contributed by atoms with Gasteiger partial charge in [0.15, 0.2) is 17.3 Å². The molecule has 3 amide bonds. The second-order valence-corrected chi connectivity index (χ2v) is 22.2. The minimum atomic E-state index is -1.08. The molecule has 0 spiro atoms. The predicted molar refractivity (Wildman–Crippen MR) is 333 cm³/mol. The third-order valence-corrected chi connectivity index (χ3v) is 14.6. The molecule has 0 aromatic heterocycles. The van der Waals surface area contributed by atoms with Gasteiger partial charge in [0.1, 0.15) is 30.5 Å². The fraction of sp³-hybridized carbons (Fsp3) is 0.750. The summed E-state index contributed by atoms with van der Waals surface area (Å²) < 4.78 is 21.8. The average molecular weight is 1220 g/mol. The molecule has 0 aliphatic carbocycles. The molecular formula is C64H113N5O17. The molecule has 8 N–H and O–H groups in total. The Kier molecular flexibility index (Phi) is 48.0. The molecule has 0 unspecified atom stereocenters. The van der Waals surface area contributed by atoms with E-state index in [0.717, 1.165) is 63.4 Å². The van der Waals surface area contributed by atoms with Crippen molar-refractivity contribution in [3.8, 4) is 5.75 Å². The summed E-state index contributed by atoms with van der Waals surface area (Å²) in [6.45, 7) is 6.57. The number of ketones is 5. The van der Waals surface area contributed by atoms with Crippen molar-refractivity contribution in [3.63, 3.8) is 0 Å². The number of rotatable bonds is 61. The van der Waals surface area contributed by atoms with E-state index >= 15 is 0 Å². The normalized spacial score (nSPS) is 12.6. The first-order chi connectivity index (χ1) is 41.4. The summed E-state index contributed by atoms with van der Waals surface area (Å²) in [4.78, 5) is 123. The fourth-order valence-corrected chi connectivity index (χ4v) is 9.51. The van der Waals surface area contributed by atoms with Gasteiger partial charge in [-0.1, -0.05) is 116 Å². The third-order valence-electron chi connectivity index (χ3n) is 14.6. The number of ether oxygens (including phenoxy) is 4. The number of aromatic hydroxyl groups is 1. The molecule has 0 bridgehead atoms. The molecule has 0 saturated heterocycles. The number of hydrogen-bond acceptors (Lipinski definition) is 17. The van der Waals surface area contributed by atoms with Gasteiger partial charge >= 0.3 is 11.9 Å². The number of carbonyl (C=O) groups excluding carboxylic acids is 8. The lowest BCUT2D eigenvalue weighted by Crippen LogP contribution is -2.50. The Labute approximate surface area is 515 Å². The van der Waals surface area contributed by atoms with Crippen molar-refractivity contribution >= 4 is 58.6 Å². The van der Waals surface area contributed by atoms with Crippen molar-refractivity contribution in [1.29, 1.82) is 0 Å². The van der Waals surface area contributed by atoms with E-state index in [1.807, 2.05) is 6.92 Å². The summed E-state index contributed by atoms with van der Waals surface area (Å²) in [5, 5.41) is 42.3. The van der Waals surface area contributed by atoms with Crippen LogP contribution in [0.4, 0.5) is 0 Å².